The number of anilines is 1. The number of aliphatic hydroxyl groups is 2. The first-order valence-electron chi connectivity index (χ1n) is 13.3. The predicted molar refractivity (Wildman–Crippen MR) is 153 cm³/mol. The van der Waals surface area contributed by atoms with Gasteiger partial charge in [-0.3, -0.25) is 9.78 Å². The molecular weight excluding hydrogens is 665 g/mol. The zero-order valence-electron chi connectivity index (χ0n) is 23.3. The monoisotopic (exact) mass is 689 g/mol. The maximum Gasteiger partial charge on any atom is 0.573 e. The van der Waals surface area contributed by atoms with Gasteiger partial charge in [-0.05, 0) is 42.0 Å². The number of aromatic nitrogens is 2. The lowest BCUT2D eigenvalue weighted by Gasteiger charge is -2.39. The number of carbonyl (C=O) groups excluding carboxylic acids is 1. The van der Waals surface area contributed by atoms with Gasteiger partial charge in [0.2, 0.25) is 15.9 Å². The lowest BCUT2D eigenvalue weighted by molar-refractivity contribution is -0.274. The minimum atomic E-state index is -4.88. The van der Waals surface area contributed by atoms with Gasteiger partial charge in [0, 0.05) is 38.6 Å². The summed E-state index contributed by atoms with van der Waals surface area (Å²) >= 11 is 1.14. The van der Waals surface area contributed by atoms with Crippen LogP contribution in [0.15, 0.2) is 65.8 Å². The molecule has 1 saturated heterocycles. The number of hydrogen-bond donors (Lipinski definition) is 3. The third-order valence-corrected chi connectivity index (χ3v) is 9.76. The Balaban J connectivity index is 1.40. The Hall–Kier alpha value is -4.17. The number of carbonyl (C=O) groups is 1. The van der Waals surface area contributed by atoms with Gasteiger partial charge in [0.15, 0.2) is 11.4 Å². The number of amides is 1. The Morgan fingerprint density at radius 3 is 2.35 bits per heavy atom. The maximum atomic E-state index is 13.7. The molecule has 12 nitrogen and oxygen atoms in total. The van der Waals surface area contributed by atoms with Crippen molar-refractivity contribution >= 4 is 42.6 Å². The van der Waals surface area contributed by atoms with Crippen LogP contribution in [0.4, 0.5) is 27.1 Å². The average Bonchev–Trinajstić information content (AvgIpc) is 3.44. The Morgan fingerprint density at radius 1 is 1.04 bits per heavy atom. The van der Waals surface area contributed by atoms with E-state index in [4.69, 9.17) is 0 Å². The Bertz CT molecular complexity index is 1790. The van der Waals surface area contributed by atoms with Crippen molar-refractivity contribution in [3.05, 3.63) is 72.1 Å². The van der Waals surface area contributed by atoms with Crippen LogP contribution in [0, 0.1) is 0 Å². The molecule has 1 atom stereocenters. The molecule has 19 heteroatoms. The predicted octanol–water partition coefficient (Wildman–Crippen LogP) is 3.37. The number of sulfonamides is 1. The second-order valence-electron chi connectivity index (χ2n) is 9.78. The number of piperazine rings is 1. The second kappa shape index (κ2) is 13.3. The van der Waals surface area contributed by atoms with Crippen molar-refractivity contribution in [1.29, 1.82) is 0 Å². The van der Waals surface area contributed by atoms with E-state index in [-0.39, 0.29) is 47.9 Å². The van der Waals surface area contributed by atoms with Gasteiger partial charge in [-0.2, -0.15) is 13.1 Å². The summed E-state index contributed by atoms with van der Waals surface area (Å²) < 4.78 is 99.7. The molecule has 0 aliphatic carbocycles. The van der Waals surface area contributed by atoms with E-state index >= 15 is 0 Å². The van der Waals surface area contributed by atoms with Crippen LogP contribution in [0.3, 0.4) is 0 Å². The number of hydrogen-bond acceptors (Lipinski definition) is 11. The summed E-state index contributed by atoms with van der Waals surface area (Å²) in [6, 6.07) is 7.63. The van der Waals surface area contributed by atoms with Gasteiger partial charge in [-0.15, -0.1) is 13.2 Å². The summed E-state index contributed by atoms with van der Waals surface area (Å²) in [7, 11) is -4.37. The van der Waals surface area contributed by atoms with Crippen LogP contribution in [0.2, 0.25) is 0 Å². The first-order chi connectivity index (χ1) is 21.7. The van der Waals surface area contributed by atoms with E-state index in [2.05, 4.69) is 24.8 Å². The lowest BCUT2D eigenvalue weighted by atomic mass is 10.1. The topological polar surface area (TPSA) is 154 Å². The van der Waals surface area contributed by atoms with E-state index in [0.717, 1.165) is 52.0 Å². The number of halogens is 5. The van der Waals surface area contributed by atoms with Crippen molar-refractivity contribution in [1.82, 2.24) is 19.6 Å². The fourth-order valence-corrected chi connectivity index (χ4v) is 7.24. The fraction of sp³-hybridized carbons (Fsp3) is 0.296. The molecule has 2 aromatic heterocycles. The third kappa shape index (κ3) is 7.61. The maximum absolute atomic E-state index is 13.7. The van der Waals surface area contributed by atoms with Crippen molar-refractivity contribution in [2.75, 3.05) is 24.5 Å². The Labute approximate surface area is 261 Å². The van der Waals surface area contributed by atoms with Crippen LogP contribution in [-0.2, 0) is 21.4 Å². The molecule has 1 aliphatic heterocycles. The number of rotatable bonds is 10. The van der Waals surface area contributed by atoms with E-state index in [1.807, 2.05) is 0 Å². The van der Waals surface area contributed by atoms with Crippen LogP contribution >= 0.6 is 11.3 Å². The van der Waals surface area contributed by atoms with Crippen molar-refractivity contribution in [2.45, 2.75) is 36.7 Å². The van der Waals surface area contributed by atoms with Gasteiger partial charge in [0.1, 0.15) is 17.5 Å². The van der Waals surface area contributed by atoms with E-state index in [9.17, 15) is 45.4 Å². The highest BCUT2D eigenvalue weighted by molar-refractivity contribution is 7.89. The normalized spacial score (nSPS) is 16.3. The molecule has 5 rings (SSSR count). The molecule has 1 aliphatic rings. The molecule has 3 N–H and O–H groups in total. The van der Waals surface area contributed by atoms with Gasteiger partial charge in [0.05, 0.1) is 20.7 Å². The molecular formula is C27H24F5N5O7S2. The van der Waals surface area contributed by atoms with Crippen molar-refractivity contribution in [2.24, 2.45) is 0 Å². The number of aliphatic hydroxyl groups excluding tert-OH is 1. The number of nitrogens with one attached hydrogen (secondary N) is 1. The van der Waals surface area contributed by atoms with Crippen LogP contribution in [0.5, 0.6) is 11.5 Å². The molecule has 2 aromatic carbocycles. The number of nitrogens with zero attached hydrogens (tertiary/aromatic N) is 4. The van der Waals surface area contributed by atoms with Crippen molar-refractivity contribution in [3.63, 3.8) is 0 Å². The Kier molecular flexibility index (Phi) is 9.59. The summed E-state index contributed by atoms with van der Waals surface area (Å²) in [5, 5.41) is 22.4. The summed E-state index contributed by atoms with van der Waals surface area (Å²) in [6.45, 7) is -3.62. The van der Waals surface area contributed by atoms with Gasteiger partial charge in [0.25, 0.3) is 0 Å². The average molecular weight is 690 g/mol. The van der Waals surface area contributed by atoms with Gasteiger partial charge in [-0.1, -0.05) is 23.5 Å². The highest BCUT2D eigenvalue weighted by Gasteiger charge is 2.41. The number of fused-ring (bicyclic) bond motifs is 1. The summed E-state index contributed by atoms with van der Waals surface area (Å²) in [5.41, 5.74) is 0.722. The second-order valence-corrected chi connectivity index (χ2v) is 12.7. The van der Waals surface area contributed by atoms with Crippen molar-refractivity contribution < 1.29 is 54.9 Å². The third-order valence-electron chi connectivity index (χ3n) is 6.78. The molecule has 46 heavy (non-hydrogen) atoms. The van der Waals surface area contributed by atoms with Crippen LogP contribution in [-0.4, -0.2) is 77.5 Å². The van der Waals surface area contributed by atoms with Gasteiger partial charge < -0.3 is 29.9 Å². The zero-order valence-corrected chi connectivity index (χ0v) is 24.9. The summed E-state index contributed by atoms with van der Waals surface area (Å²) in [6.07, 6.45) is -4.01. The lowest BCUT2D eigenvalue weighted by Crippen LogP contribution is -2.60. The van der Waals surface area contributed by atoms with Gasteiger partial charge in [-0.25, -0.2) is 13.4 Å². The minimum Gasteiger partial charge on any atom is -0.435 e. The molecule has 1 amide bonds. The summed E-state index contributed by atoms with van der Waals surface area (Å²) in [5.74, 6) is -1.47. The number of alkyl halides is 5. The van der Waals surface area contributed by atoms with E-state index in [0.29, 0.717) is 15.4 Å². The molecule has 3 heterocycles. The van der Waals surface area contributed by atoms with Gasteiger partial charge >= 0.3 is 13.0 Å². The zero-order chi connectivity index (χ0) is 33.2. The summed E-state index contributed by atoms with van der Waals surface area (Å²) in [4.78, 5) is 23.4. The molecule has 1 fully saturated rings. The molecule has 4 aromatic rings. The first kappa shape index (κ1) is 33.2. The fourth-order valence-electron chi connectivity index (χ4n) is 4.67. The molecule has 246 valence electrons. The molecule has 0 saturated carbocycles. The molecule has 0 bridgehead atoms. The van der Waals surface area contributed by atoms with Crippen LogP contribution < -0.4 is 19.7 Å². The van der Waals surface area contributed by atoms with E-state index in [1.165, 1.54) is 24.5 Å². The first-order valence-corrected chi connectivity index (χ1v) is 15.5. The van der Waals surface area contributed by atoms with Crippen molar-refractivity contribution in [3.8, 4) is 11.5 Å². The number of pyridine rings is 1. The number of thiazole rings is 1. The van der Waals surface area contributed by atoms with E-state index < -0.39 is 47.0 Å². The number of ether oxygens (including phenoxy) is 2. The van der Waals surface area contributed by atoms with Crippen LogP contribution in [0.1, 0.15) is 17.4 Å². The number of benzene rings is 2. The molecule has 0 unspecified atom stereocenters. The minimum absolute atomic E-state index is 0.0569. The largest absolute Gasteiger partial charge is 0.573 e. The van der Waals surface area contributed by atoms with Crippen LogP contribution in [0.25, 0.3) is 10.2 Å². The highest BCUT2D eigenvalue weighted by atomic mass is 32.2. The quantitative estimate of drug-likeness (QED) is 0.167. The standard InChI is InChI=1S/C27H24F5N5O7S2/c28-25(29)43-16-5-7-18(8-6-16)46(41,42)37-10-9-36(26-35-22-19(24(39)40)12-33-13-21(22)45-26)14-20(37)23(38)34-11-15-1-3-17(4-2-15)44-27(30,31)32/h1-8,12-13,20,24-25,39-40H,9-11,14H2,(H,34,38)/t20-/m1/s1. The molecule has 0 radical (unpaired) electrons. The SMILES string of the molecule is O=C(NCc1ccc(OC(F)(F)F)cc1)[C@H]1CN(c2nc3c(C(O)O)cncc3s2)CCN1S(=O)(=O)c1ccc(OC(F)F)cc1. The Morgan fingerprint density at radius 2 is 1.72 bits per heavy atom. The molecule has 0 spiro atoms. The van der Waals surface area contributed by atoms with E-state index in [1.54, 1.807) is 4.90 Å². The highest BCUT2D eigenvalue weighted by Crippen LogP contribution is 2.34. The smallest absolute Gasteiger partial charge is 0.435 e.